The zero-order valence-corrected chi connectivity index (χ0v) is 17.3. The van der Waals surface area contributed by atoms with Crippen LogP contribution in [-0.2, 0) is 16.7 Å². The van der Waals surface area contributed by atoms with Gasteiger partial charge in [-0.3, -0.25) is 0 Å². The van der Waals surface area contributed by atoms with Gasteiger partial charge >= 0.3 is 16.1 Å². The Balaban J connectivity index is 2.16. The summed E-state index contributed by atoms with van der Waals surface area (Å²) >= 11 is 0. The number of nitrogens with one attached hydrogen (secondary N) is 1. The van der Waals surface area contributed by atoms with Crippen LogP contribution in [-0.4, -0.2) is 38.8 Å². The first-order valence-corrected chi connectivity index (χ1v) is 10.7. The molecule has 0 radical (unpaired) electrons. The minimum Gasteiger partial charge on any atom is -0.495 e. The van der Waals surface area contributed by atoms with E-state index in [1.54, 1.807) is 48.4 Å². The largest absolute Gasteiger partial charge is 0.495 e. The van der Waals surface area contributed by atoms with Gasteiger partial charge in [-0.1, -0.05) is 31.2 Å². The fourth-order valence-corrected chi connectivity index (χ4v) is 3.07. The fourth-order valence-electron chi connectivity index (χ4n) is 2.61. The van der Waals surface area contributed by atoms with E-state index in [1.165, 1.54) is 0 Å². The van der Waals surface area contributed by atoms with Gasteiger partial charge < -0.3 is 19.1 Å². The van der Waals surface area contributed by atoms with Gasteiger partial charge in [-0.25, -0.2) is 4.79 Å². The van der Waals surface area contributed by atoms with E-state index in [4.69, 9.17) is 8.92 Å². The van der Waals surface area contributed by atoms with Crippen molar-refractivity contribution >= 4 is 21.8 Å². The molecule has 0 saturated carbocycles. The molecule has 0 unspecified atom stereocenters. The maximum Gasteiger partial charge on any atom is 0.322 e. The molecule has 2 amide bonds. The third-order valence-electron chi connectivity index (χ3n) is 4.26. The third-order valence-corrected chi connectivity index (χ3v) is 4.75. The lowest BCUT2D eigenvalue weighted by Gasteiger charge is -2.29. The topological polar surface area (TPSA) is 84.9 Å². The number of amides is 2. The lowest BCUT2D eigenvalue weighted by molar-refractivity contribution is 0.187. The molecule has 2 aromatic carbocycles. The van der Waals surface area contributed by atoms with Crippen molar-refractivity contribution in [1.82, 2.24) is 4.90 Å². The fraction of sp³-hybridized carbons (Fsp3) is 0.350. The van der Waals surface area contributed by atoms with Gasteiger partial charge in [0, 0.05) is 12.6 Å². The number of benzene rings is 2. The van der Waals surface area contributed by atoms with Crippen LogP contribution in [0.4, 0.5) is 10.5 Å². The number of carbonyl (C=O) groups excluding carboxylic acids is 1. The Hall–Kier alpha value is -2.74. The number of para-hydroxylation sites is 2. The summed E-state index contributed by atoms with van der Waals surface area (Å²) < 4.78 is 32.6. The summed E-state index contributed by atoms with van der Waals surface area (Å²) in [6.07, 6.45) is 1.78. The smallest absolute Gasteiger partial charge is 0.322 e. The zero-order valence-electron chi connectivity index (χ0n) is 16.5. The molecule has 1 atom stereocenters. The predicted molar refractivity (Wildman–Crippen MR) is 109 cm³/mol. The van der Waals surface area contributed by atoms with E-state index in [-0.39, 0.29) is 17.8 Å². The standard InChI is InChI=1S/C20H26N2O5S/c1-5-15(2)22(20(23)21-18-8-6-7-9-19(18)26-3)14-16-10-12-17(13-11-16)27-28(4,24)25/h6-13,15H,5,14H2,1-4H3,(H,21,23)/t15-/m1/s1. The molecule has 2 aromatic rings. The van der Waals surface area contributed by atoms with Crippen LogP contribution in [0.25, 0.3) is 0 Å². The summed E-state index contributed by atoms with van der Waals surface area (Å²) in [7, 11) is -2.02. The SMILES string of the molecule is CC[C@@H](C)N(Cc1ccc(OS(C)(=O)=O)cc1)C(=O)Nc1ccccc1OC. The normalized spacial score (nSPS) is 12.1. The molecule has 0 aliphatic heterocycles. The van der Waals surface area contributed by atoms with Gasteiger partial charge in [0.2, 0.25) is 0 Å². The highest BCUT2D eigenvalue weighted by atomic mass is 32.2. The molecule has 7 nitrogen and oxygen atoms in total. The first kappa shape index (κ1) is 21.6. The Morgan fingerprint density at radius 1 is 1.14 bits per heavy atom. The first-order valence-electron chi connectivity index (χ1n) is 8.92. The van der Waals surface area contributed by atoms with Gasteiger partial charge in [0.25, 0.3) is 0 Å². The summed E-state index contributed by atoms with van der Waals surface area (Å²) in [4.78, 5) is 14.6. The van der Waals surface area contributed by atoms with Crippen LogP contribution < -0.4 is 14.2 Å². The molecule has 1 N–H and O–H groups in total. The van der Waals surface area contributed by atoms with Crippen LogP contribution in [0.3, 0.4) is 0 Å². The van der Waals surface area contributed by atoms with Crippen LogP contribution in [0.2, 0.25) is 0 Å². The number of hydrogen-bond acceptors (Lipinski definition) is 5. The molecule has 28 heavy (non-hydrogen) atoms. The number of carbonyl (C=O) groups is 1. The quantitative estimate of drug-likeness (QED) is 0.673. The summed E-state index contributed by atoms with van der Waals surface area (Å²) in [6.45, 7) is 4.36. The van der Waals surface area contributed by atoms with E-state index in [0.717, 1.165) is 18.2 Å². The summed E-state index contributed by atoms with van der Waals surface area (Å²) in [5.74, 6) is 0.821. The molecular formula is C20H26N2O5S. The van der Waals surface area contributed by atoms with E-state index >= 15 is 0 Å². The molecule has 0 heterocycles. The average molecular weight is 407 g/mol. The maximum atomic E-state index is 12.9. The number of nitrogens with zero attached hydrogens (tertiary/aromatic N) is 1. The van der Waals surface area contributed by atoms with Gasteiger partial charge in [-0.15, -0.1) is 0 Å². The Bertz CT molecular complexity index is 897. The van der Waals surface area contributed by atoms with Crippen LogP contribution >= 0.6 is 0 Å². The van der Waals surface area contributed by atoms with E-state index in [2.05, 4.69) is 5.32 Å². The number of ether oxygens (including phenoxy) is 1. The Morgan fingerprint density at radius 3 is 2.36 bits per heavy atom. The number of rotatable bonds is 8. The van der Waals surface area contributed by atoms with Crippen molar-refractivity contribution in [3.8, 4) is 11.5 Å². The Kier molecular flexibility index (Phi) is 7.28. The van der Waals surface area contributed by atoms with Crippen molar-refractivity contribution in [3.63, 3.8) is 0 Å². The second-order valence-corrected chi connectivity index (χ2v) is 8.02. The highest BCUT2D eigenvalue weighted by Crippen LogP contribution is 2.24. The second kappa shape index (κ2) is 9.45. The molecule has 2 rings (SSSR count). The van der Waals surface area contributed by atoms with Crippen molar-refractivity contribution in [2.75, 3.05) is 18.7 Å². The molecule has 0 saturated heterocycles. The van der Waals surface area contributed by atoms with Crippen molar-refractivity contribution in [3.05, 3.63) is 54.1 Å². The van der Waals surface area contributed by atoms with E-state index in [0.29, 0.717) is 18.0 Å². The molecular weight excluding hydrogens is 380 g/mol. The Labute approximate surface area is 166 Å². The second-order valence-electron chi connectivity index (χ2n) is 6.45. The molecule has 0 aromatic heterocycles. The third kappa shape index (κ3) is 6.16. The van der Waals surface area contributed by atoms with Crippen LogP contribution in [0.15, 0.2) is 48.5 Å². The van der Waals surface area contributed by atoms with Crippen molar-refractivity contribution in [1.29, 1.82) is 0 Å². The van der Waals surface area contributed by atoms with E-state index in [1.807, 2.05) is 26.0 Å². The molecule has 0 aliphatic carbocycles. The van der Waals surface area contributed by atoms with Crippen molar-refractivity contribution < 1.29 is 22.1 Å². The molecule has 0 fully saturated rings. The zero-order chi connectivity index (χ0) is 20.7. The van der Waals surface area contributed by atoms with Gasteiger partial charge in [0.1, 0.15) is 11.5 Å². The highest BCUT2D eigenvalue weighted by molar-refractivity contribution is 7.86. The minimum atomic E-state index is -3.57. The summed E-state index contributed by atoms with van der Waals surface area (Å²) in [5, 5.41) is 2.90. The van der Waals surface area contributed by atoms with Gasteiger partial charge in [-0.05, 0) is 43.2 Å². The number of anilines is 1. The van der Waals surface area contributed by atoms with Gasteiger partial charge in [0.15, 0.2) is 0 Å². The van der Waals surface area contributed by atoms with Crippen LogP contribution in [0.1, 0.15) is 25.8 Å². The van der Waals surface area contributed by atoms with E-state index < -0.39 is 10.1 Å². The molecule has 152 valence electrons. The minimum absolute atomic E-state index is 0.00153. The average Bonchev–Trinajstić information content (AvgIpc) is 2.66. The summed E-state index contributed by atoms with van der Waals surface area (Å²) in [6, 6.07) is 13.6. The lowest BCUT2D eigenvalue weighted by atomic mass is 10.1. The van der Waals surface area contributed by atoms with Gasteiger partial charge in [-0.2, -0.15) is 8.42 Å². The van der Waals surface area contributed by atoms with Crippen LogP contribution in [0.5, 0.6) is 11.5 Å². The monoisotopic (exact) mass is 406 g/mol. The van der Waals surface area contributed by atoms with Crippen LogP contribution in [0, 0.1) is 0 Å². The van der Waals surface area contributed by atoms with E-state index in [9.17, 15) is 13.2 Å². The number of urea groups is 1. The molecule has 0 bridgehead atoms. The van der Waals surface area contributed by atoms with Gasteiger partial charge in [0.05, 0.1) is 19.1 Å². The predicted octanol–water partition coefficient (Wildman–Crippen LogP) is 3.87. The summed E-state index contributed by atoms with van der Waals surface area (Å²) in [5.41, 5.74) is 1.46. The molecule has 0 aliphatic rings. The molecule has 8 heteroatoms. The highest BCUT2D eigenvalue weighted by Gasteiger charge is 2.20. The first-order chi connectivity index (χ1) is 13.2. The Morgan fingerprint density at radius 2 is 1.79 bits per heavy atom. The van der Waals surface area contributed by atoms with Crippen molar-refractivity contribution in [2.24, 2.45) is 0 Å². The number of methoxy groups -OCH3 is 1. The molecule has 0 spiro atoms. The lowest BCUT2D eigenvalue weighted by Crippen LogP contribution is -2.40. The maximum absolute atomic E-state index is 12.9. The number of hydrogen-bond donors (Lipinski definition) is 1. The van der Waals surface area contributed by atoms with Crippen molar-refractivity contribution in [2.45, 2.75) is 32.9 Å².